The molecule has 5 N–H and O–H groups in total. The van der Waals surface area contributed by atoms with E-state index in [0.717, 1.165) is 0 Å². The van der Waals surface area contributed by atoms with Gasteiger partial charge in [0.15, 0.2) is 11.5 Å². The van der Waals surface area contributed by atoms with Crippen LogP contribution in [0.15, 0.2) is 22.7 Å². The molecule has 0 amide bonds. The second-order valence-corrected chi connectivity index (χ2v) is 3.93. The number of phenolic OH excluding ortho intramolecular Hbond substituents is 2. The molecule has 2 aromatic rings. The van der Waals surface area contributed by atoms with Gasteiger partial charge in [0.1, 0.15) is 6.04 Å². The molecule has 1 aromatic heterocycles. The predicted octanol–water partition coefficient (Wildman–Crippen LogP) is 0.528. The van der Waals surface area contributed by atoms with Gasteiger partial charge >= 0.3 is 0 Å². The van der Waals surface area contributed by atoms with Crippen molar-refractivity contribution < 1.29 is 19.8 Å². The highest BCUT2D eigenvalue weighted by atomic mass is 16.5. The van der Waals surface area contributed by atoms with Gasteiger partial charge in [-0.25, -0.2) is 0 Å². The van der Waals surface area contributed by atoms with Crippen LogP contribution in [0.4, 0.5) is 0 Å². The first-order valence-electron chi connectivity index (χ1n) is 5.28. The molecule has 0 spiro atoms. The Balaban J connectivity index is 2.32. The fourth-order valence-corrected chi connectivity index (χ4v) is 1.36. The van der Waals surface area contributed by atoms with E-state index in [9.17, 15) is 15.3 Å². The summed E-state index contributed by atoms with van der Waals surface area (Å²) in [5.74, 6) is -0.189. The van der Waals surface area contributed by atoms with Crippen molar-refractivity contribution in [2.75, 3.05) is 0 Å². The minimum Gasteiger partial charge on any atom is -0.504 e. The highest BCUT2D eigenvalue weighted by Crippen LogP contribution is 2.29. The number of aliphatic hydroxyl groups excluding tert-OH is 1. The molecule has 7 heteroatoms. The third kappa shape index (κ3) is 2.27. The molecular weight excluding hydrogens is 238 g/mol. The van der Waals surface area contributed by atoms with Gasteiger partial charge in [0, 0.05) is 5.56 Å². The molecule has 0 bridgehead atoms. The van der Waals surface area contributed by atoms with Gasteiger partial charge in [-0.1, -0.05) is 5.16 Å². The van der Waals surface area contributed by atoms with Crippen LogP contribution in [0, 0.1) is 0 Å². The van der Waals surface area contributed by atoms with Crippen LogP contribution < -0.4 is 5.73 Å². The number of rotatable bonds is 3. The van der Waals surface area contributed by atoms with E-state index in [1.165, 1.54) is 25.1 Å². The molecule has 7 nitrogen and oxygen atoms in total. The van der Waals surface area contributed by atoms with Gasteiger partial charge < -0.3 is 25.6 Å². The third-order valence-corrected chi connectivity index (χ3v) is 2.48. The number of phenols is 2. The Hall–Kier alpha value is -2.12. The van der Waals surface area contributed by atoms with Crippen molar-refractivity contribution in [1.29, 1.82) is 0 Å². The van der Waals surface area contributed by atoms with E-state index in [-0.39, 0.29) is 23.2 Å². The van der Waals surface area contributed by atoms with E-state index in [0.29, 0.717) is 5.56 Å². The average Bonchev–Trinajstić information content (AvgIpc) is 2.81. The van der Waals surface area contributed by atoms with E-state index >= 15 is 0 Å². The SMILES string of the molecule is C[C@@H](O)[C@H](N)c1nc(-c2ccc(O)c(O)c2)no1. The Bertz CT molecular complexity index is 553. The summed E-state index contributed by atoms with van der Waals surface area (Å²) in [5.41, 5.74) is 6.12. The molecule has 18 heavy (non-hydrogen) atoms. The van der Waals surface area contributed by atoms with Gasteiger partial charge in [-0.05, 0) is 25.1 Å². The van der Waals surface area contributed by atoms with Crippen molar-refractivity contribution in [2.24, 2.45) is 5.73 Å². The van der Waals surface area contributed by atoms with Crippen molar-refractivity contribution in [3.63, 3.8) is 0 Å². The van der Waals surface area contributed by atoms with E-state index in [4.69, 9.17) is 10.3 Å². The predicted molar refractivity (Wildman–Crippen MR) is 61.7 cm³/mol. The Morgan fingerprint density at radius 2 is 2.00 bits per heavy atom. The lowest BCUT2D eigenvalue weighted by molar-refractivity contribution is 0.146. The minimum atomic E-state index is -0.813. The number of aromatic hydroxyl groups is 2. The molecule has 0 radical (unpaired) electrons. The largest absolute Gasteiger partial charge is 0.504 e. The van der Waals surface area contributed by atoms with Gasteiger partial charge in [0.25, 0.3) is 0 Å². The topological polar surface area (TPSA) is 126 Å². The maximum absolute atomic E-state index is 9.36. The molecule has 2 atom stereocenters. The zero-order chi connectivity index (χ0) is 13.3. The monoisotopic (exact) mass is 251 g/mol. The molecule has 0 aliphatic rings. The van der Waals surface area contributed by atoms with E-state index < -0.39 is 12.1 Å². The Morgan fingerprint density at radius 1 is 1.28 bits per heavy atom. The van der Waals surface area contributed by atoms with Crippen LogP contribution in [0.25, 0.3) is 11.4 Å². The van der Waals surface area contributed by atoms with Crippen LogP contribution in [-0.2, 0) is 0 Å². The number of benzene rings is 1. The van der Waals surface area contributed by atoms with Gasteiger partial charge in [-0.15, -0.1) is 0 Å². The number of aliphatic hydroxyl groups is 1. The van der Waals surface area contributed by atoms with Crippen molar-refractivity contribution in [3.8, 4) is 22.9 Å². The molecule has 0 unspecified atom stereocenters. The van der Waals surface area contributed by atoms with Crippen molar-refractivity contribution in [1.82, 2.24) is 10.1 Å². The second kappa shape index (κ2) is 4.63. The Kier molecular flexibility index (Phi) is 3.17. The summed E-state index contributed by atoms with van der Waals surface area (Å²) >= 11 is 0. The summed E-state index contributed by atoms with van der Waals surface area (Å²) in [5, 5.41) is 31.6. The number of nitrogens with two attached hydrogens (primary N) is 1. The average molecular weight is 251 g/mol. The lowest BCUT2D eigenvalue weighted by atomic mass is 10.2. The lowest BCUT2D eigenvalue weighted by Crippen LogP contribution is -2.23. The molecule has 2 rings (SSSR count). The summed E-state index contributed by atoms with van der Waals surface area (Å²) < 4.78 is 4.92. The third-order valence-electron chi connectivity index (χ3n) is 2.48. The normalized spacial score (nSPS) is 14.4. The number of hydrogen-bond donors (Lipinski definition) is 4. The van der Waals surface area contributed by atoms with E-state index in [1.807, 2.05) is 0 Å². The second-order valence-electron chi connectivity index (χ2n) is 3.93. The zero-order valence-electron chi connectivity index (χ0n) is 9.61. The molecule has 96 valence electrons. The van der Waals surface area contributed by atoms with E-state index in [2.05, 4.69) is 10.1 Å². The first-order chi connectivity index (χ1) is 8.49. The number of hydrogen-bond acceptors (Lipinski definition) is 7. The molecule has 0 aliphatic heterocycles. The van der Waals surface area contributed by atoms with Gasteiger partial charge in [0.2, 0.25) is 11.7 Å². The van der Waals surface area contributed by atoms with Crippen LogP contribution in [0.5, 0.6) is 11.5 Å². The summed E-state index contributed by atoms with van der Waals surface area (Å²) in [6, 6.07) is 3.38. The molecule has 0 saturated heterocycles. The Morgan fingerprint density at radius 3 is 2.61 bits per heavy atom. The maximum atomic E-state index is 9.36. The summed E-state index contributed by atoms with van der Waals surface area (Å²) in [7, 11) is 0. The van der Waals surface area contributed by atoms with Gasteiger partial charge in [-0.2, -0.15) is 4.98 Å². The number of aromatic nitrogens is 2. The van der Waals surface area contributed by atoms with Crippen LogP contribution >= 0.6 is 0 Å². The first-order valence-corrected chi connectivity index (χ1v) is 5.28. The maximum Gasteiger partial charge on any atom is 0.246 e. The highest BCUT2D eigenvalue weighted by Gasteiger charge is 2.20. The summed E-state index contributed by atoms with van der Waals surface area (Å²) in [6.45, 7) is 1.51. The van der Waals surface area contributed by atoms with E-state index in [1.54, 1.807) is 0 Å². The quantitative estimate of drug-likeness (QED) is 0.586. The van der Waals surface area contributed by atoms with Crippen molar-refractivity contribution in [3.05, 3.63) is 24.1 Å². The summed E-state index contributed by atoms with van der Waals surface area (Å²) in [4.78, 5) is 4.02. The smallest absolute Gasteiger partial charge is 0.246 e. The van der Waals surface area contributed by atoms with Gasteiger partial charge in [0.05, 0.1) is 6.10 Å². The zero-order valence-corrected chi connectivity index (χ0v) is 9.61. The summed E-state index contributed by atoms with van der Waals surface area (Å²) in [6.07, 6.45) is -0.813. The van der Waals surface area contributed by atoms with Crippen LogP contribution in [-0.4, -0.2) is 31.6 Å². The molecule has 1 aromatic carbocycles. The molecule has 0 aliphatic carbocycles. The molecule has 0 saturated carbocycles. The highest BCUT2D eigenvalue weighted by molar-refractivity contribution is 5.59. The van der Waals surface area contributed by atoms with Crippen molar-refractivity contribution in [2.45, 2.75) is 19.1 Å². The molecular formula is C11H13N3O4. The van der Waals surface area contributed by atoms with Crippen LogP contribution in [0.3, 0.4) is 0 Å². The standard InChI is InChI=1S/C11H13N3O4/c1-5(15)9(12)11-13-10(14-18-11)6-2-3-7(16)8(17)4-6/h2-5,9,15-17H,12H2,1H3/t5-,9+/m1/s1. The number of nitrogens with zero attached hydrogens (tertiary/aromatic N) is 2. The first kappa shape index (κ1) is 12.3. The minimum absolute atomic E-state index is 0.104. The fourth-order valence-electron chi connectivity index (χ4n) is 1.36. The molecule has 0 fully saturated rings. The lowest BCUT2D eigenvalue weighted by Gasteiger charge is -2.08. The molecule has 1 heterocycles. The van der Waals surface area contributed by atoms with Crippen LogP contribution in [0.1, 0.15) is 18.9 Å². The van der Waals surface area contributed by atoms with Crippen molar-refractivity contribution >= 4 is 0 Å². The Labute approximate surface area is 102 Å². The fraction of sp³-hybridized carbons (Fsp3) is 0.273. The van der Waals surface area contributed by atoms with Crippen LogP contribution in [0.2, 0.25) is 0 Å². The van der Waals surface area contributed by atoms with Gasteiger partial charge in [-0.3, -0.25) is 0 Å².